The van der Waals surface area contributed by atoms with Gasteiger partial charge in [-0.25, -0.2) is 0 Å². The third kappa shape index (κ3) is 1.20. The van der Waals surface area contributed by atoms with Gasteiger partial charge >= 0.3 is 5.97 Å². The van der Waals surface area contributed by atoms with E-state index in [1.807, 2.05) is 19.9 Å². The monoisotopic (exact) mass is 140 g/mol. The molecule has 0 N–H and O–H groups in total. The van der Waals surface area contributed by atoms with Crippen molar-refractivity contribution in [3.8, 4) is 0 Å². The van der Waals surface area contributed by atoms with E-state index < -0.39 is 0 Å². The zero-order valence-corrected chi connectivity index (χ0v) is 6.39. The molecule has 1 aliphatic heterocycles. The van der Waals surface area contributed by atoms with Gasteiger partial charge in [0, 0.05) is 6.42 Å². The summed E-state index contributed by atoms with van der Waals surface area (Å²) in [5, 5.41) is 0. The molecule has 2 heteroatoms. The largest absolute Gasteiger partial charge is 0.465 e. The second-order valence-electron chi connectivity index (χ2n) is 2.50. The third-order valence-corrected chi connectivity index (χ3v) is 1.92. The van der Waals surface area contributed by atoms with Gasteiger partial charge in [-0.05, 0) is 13.8 Å². The van der Waals surface area contributed by atoms with Crippen molar-refractivity contribution in [1.29, 1.82) is 0 Å². The van der Waals surface area contributed by atoms with Crippen LogP contribution in [0.4, 0.5) is 0 Å². The molecule has 0 aromatic rings. The van der Waals surface area contributed by atoms with Crippen molar-refractivity contribution < 1.29 is 9.53 Å². The van der Waals surface area contributed by atoms with Crippen molar-refractivity contribution in [3.63, 3.8) is 0 Å². The van der Waals surface area contributed by atoms with E-state index in [2.05, 4.69) is 0 Å². The number of hydrogen-bond acceptors (Lipinski definition) is 2. The normalized spacial score (nSPS) is 30.4. The highest BCUT2D eigenvalue weighted by molar-refractivity contribution is 5.76. The van der Waals surface area contributed by atoms with Crippen molar-refractivity contribution in [1.82, 2.24) is 0 Å². The fourth-order valence-corrected chi connectivity index (χ4v) is 1.16. The van der Waals surface area contributed by atoms with Gasteiger partial charge in [-0.1, -0.05) is 11.6 Å². The highest BCUT2D eigenvalue weighted by atomic mass is 16.5. The van der Waals surface area contributed by atoms with Crippen LogP contribution in [0.15, 0.2) is 11.6 Å². The summed E-state index contributed by atoms with van der Waals surface area (Å²) in [5.41, 5.74) is 1.20. The summed E-state index contributed by atoms with van der Waals surface area (Å²) >= 11 is 0. The zero-order valence-electron chi connectivity index (χ0n) is 6.39. The van der Waals surface area contributed by atoms with Crippen LogP contribution >= 0.6 is 0 Å². The minimum atomic E-state index is -0.0839. The van der Waals surface area contributed by atoms with Crippen molar-refractivity contribution in [3.05, 3.63) is 11.6 Å². The first kappa shape index (κ1) is 7.32. The topological polar surface area (TPSA) is 26.3 Å². The molecule has 0 aliphatic carbocycles. The van der Waals surface area contributed by atoms with E-state index in [-0.39, 0.29) is 11.9 Å². The van der Waals surface area contributed by atoms with Crippen molar-refractivity contribution in [2.24, 2.45) is 5.92 Å². The highest BCUT2D eigenvalue weighted by Gasteiger charge is 2.22. The number of ether oxygens (including phenoxy) is 1. The van der Waals surface area contributed by atoms with E-state index in [1.165, 1.54) is 5.57 Å². The van der Waals surface area contributed by atoms with Gasteiger partial charge in [0.05, 0.1) is 12.5 Å². The molecular formula is C8H12O2. The first-order chi connectivity index (χ1) is 4.75. The molecule has 10 heavy (non-hydrogen) atoms. The molecule has 0 aromatic heterocycles. The van der Waals surface area contributed by atoms with Gasteiger partial charge in [0.2, 0.25) is 0 Å². The summed E-state index contributed by atoms with van der Waals surface area (Å²) in [6.07, 6.45) is 2.91. The number of allylic oxidation sites excluding steroid dienone is 1. The summed E-state index contributed by atoms with van der Waals surface area (Å²) in [7, 11) is 0. The Balaban J connectivity index is 2.69. The van der Waals surface area contributed by atoms with E-state index in [4.69, 9.17) is 4.74 Å². The summed E-state index contributed by atoms with van der Waals surface area (Å²) in [6, 6.07) is 0. The summed E-state index contributed by atoms with van der Waals surface area (Å²) in [5.74, 6) is -0.0990. The lowest BCUT2D eigenvalue weighted by molar-refractivity contribution is -0.148. The molecule has 1 heterocycles. The van der Waals surface area contributed by atoms with E-state index in [0.717, 1.165) is 6.42 Å². The average Bonchev–Trinajstić information content (AvgIpc) is 1.95. The number of rotatable bonds is 0. The summed E-state index contributed by atoms with van der Waals surface area (Å²) < 4.78 is 4.84. The number of carbonyl (C=O) groups is 1. The smallest absolute Gasteiger partial charge is 0.312 e. The standard InChI is InChI=1S/C8H12O2/c1-3-7-4-5-10-8(9)6(7)2/h3,6H,4-5H2,1-2H3/b7-3+. The molecule has 0 aromatic carbocycles. The lowest BCUT2D eigenvalue weighted by Crippen LogP contribution is -2.23. The predicted octanol–water partition coefficient (Wildman–Crippen LogP) is 1.52. The number of esters is 1. The second kappa shape index (κ2) is 2.86. The Hall–Kier alpha value is -0.790. The van der Waals surface area contributed by atoms with Crippen LogP contribution in [0.1, 0.15) is 20.3 Å². The first-order valence-electron chi connectivity index (χ1n) is 3.57. The molecule has 1 rings (SSSR count). The second-order valence-corrected chi connectivity index (χ2v) is 2.50. The van der Waals surface area contributed by atoms with Crippen LogP contribution in [0.2, 0.25) is 0 Å². The van der Waals surface area contributed by atoms with Gasteiger partial charge in [0.25, 0.3) is 0 Å². The molecule has 0 bridgehead atoms. The van der Waals surface area contributed by atoms with Gasteiger partial charge in [-0.3, -0.25) is 4.79 Å². The van der Waals surface area contributed by atoms with Crippen molar-refractivity contribution in [2.45, 2.75) is 20.3 Å². The van der Waals surface area contributed by atoms with Crippen molar-refractivity contribution in [2.75, 3.05) is 6.61 Å². The number of carbonyl (C=O) groups excluding carboxylic acids is 1. The van der Waals surface area contributed by atoms with Gasteiger partial charge in [0.1, 0.15) is 0 Å². The highest BCUT2D eigenvalue weighted by Crippen LogP contribution is 2.20. The molecule has 0 amide bonds. The fraction of sp³-hybridized carbons (Fsp3) is 0.625. The van der Waals surface area contributed by atoms with Crippen LogP contribution in [-0.4, -0.2) is 12.6 Å². The Labute approximate surface area is 60.9 Å². The van der Waals surface area contributed by atoms with E-state index in [0.29, 0.717) is 6.61 Å². The third-order valence-electron chi connectivity index (χ3n) is 1.92. The first-order valence-corrected chi connectivity index (χ1v) is 3.57. The molecule has 0 radical (unpaired) electrons. The van der Waals surface area contributed by atoms with Crippen molar-refractivity contribution >= 4 is 5.97 Å². The quantitative estimate of drug-likeness (QED) is 0.376. The molecule has 0 spiro atoms. The Morgan fingerprint density at radius 2 is 2.40 bits per heavy atom. The van der Waals surface area contributed by atoms with Crippen LogP contribution in [0, 0.1) is 5.92 Å². The van der Waals surface area contributed by atoms with Gasteiger partial charge in [-0.2, -0.15) is 0 Å². The maximum absolute atomic E-state index is 10.9. The fourth-order valence-electron chi connectivity index (χ4n) is 1.16. The van der Waals surface area contributed by atoms with Crippen LogP contribution in [0.25, 0.3) is 0 Å². The van der Waals surface area contributed by atoms with E-state index in [9.17, 15) is 4.79 Å². The minimum Gasteiger partial charge on any atom is -0.465 e. The zero-order chi connectivity index (χ0) is 7.56. The summed E-state index contributed by atoms with van der Waals surface area (Å²) in [4.78, 5) is 10.9. The van der Waals surface area contributed by atoms with Crippen LogP contribution in [0.3, 0.4) is 0 Å². The minimum absolute atomic E-state index is 0.0150. The molecule has 1 unspecified atom stereocenters. The Morgan fingerprint density at radius 1 is 1.70 bits per heavy atom. The molecular weight excluding hydrogens is 128 g/mol. The Kier molecular flexibility index (Phi) is 2.10. The average molecular weight is 140 g/mol. The van der Waals surface area contributed by atoms with Gasteiger partial charge in [0.15, 0.2) is 0 Å². The predicted molar refractivity (Wildman–Crippen MR) is 38.5 cm³/mol. The molecule has 1 atom stereocenters. The molecule has 0 saturated carbocycles. The maximum atomic E-state index is 10.9. The number of cyclic esters (lactones) is 1. The molecule has 1 aliphatic rings. The summed E-state index contributed by atoms with van der Waals surface area (Å²) in [6.45, 7) is 4.41. The molecule has 2 nitrogen and oxygen atoms in total. The molecule has 1 saturated heterocycles. The van der Waals surface area contributed by atoms with Crippen LogP contribution in [-0.2, 0) is 9.53 Å². The van der Waals surface area contributed by atoms with Crippen LogP contribution in [0.5, 0.6) is 0 Å². The van der Waals surface area contributed by atoms with Crippen LogP contribution < -0.4 is 0 Å². The Morgan fingerprint density at radius 3 is 2.90 bits per heavy atom. The SMILES string of the molecule is C/C=C1\CCOC(=O)C1C. The molecule has 1 fully saturated rings. The Bertz CT molecular complexity index is 170. The lowest BCUT2D eigenvalue weighted by Gasteiger charge is -2.20. The van der Waals surface area contributed by atoms with E-state index in [1.54, 1.807) is 0 Å². The lowest BCUT2D eigenvalue weighted by atomic mass is 9.96. The van der Waals surface area contributed by atoms with Gasteiger partial charge in [-0.15, -0.1) is 0 Å². The van der Waals surface area contributed by atoms with Gasteiger partial charge < -0.3 is 4.74 Å². The molecule has 56 valence electrons. The number of hydrogen-bond donors (Lipinski definition) is 0. The van der Waals surface area contributed by atoms with E-state index >= 15 is 0 Å². The maximum Gasteiger partial charge on any atom is 0.312 e.